The van der Waals surface area contributed by atoms with Crippen LogP contribution >= 0.6 is 0 Å². The van der Waals surface area contributed by atoms with Crippen molar-refractivity contribution >= 4 is 11.8 Å². The molecule has 2 aliphatic rings. The highest BCUT2D eigenvalue weighted by Gasteiger charge is 2.41. The lowest BCUT2D eigenvalue weighted by atomic mass is 9.72. The molecule has 5 nitrogen and oxygen atoms in total. The molecule has 1 aromatic carbocycles. The molecule has 0 amide bonds. The molecular weight excluding hydrogens is 364 g/mol. The van der Waals surface area contributed by atoms with Gasteiger partial charge in [0.1, 0.15) is 0 Å². The topological polar surface area (TPSA) is 68.3 Å². The van der Waals surface area contributed by atoms with Crippen LogP contribution in [-0.2, 0) is 14.3 Å². The first-order chi connectivity index (χ1) is 14.1. The normalized spacial score (nSPS) is 21.5. The number of Topliss-reactive ketones (excluding diaryl/α,β-unsaturated/α-hetero) is 1. The predicted octanol–water partition coefficient (Wildman–Crippen LogP) is 4.01. The summed E-state index contributed by atoms with van der Waals surface area (Å²) in [6, 6.07) is 13.9. The van der Waals surface area contributed by atoms with Crippen LogP contribution < -0.4 is 5.32 Å². The van der Waals surface area contributed by atoms with Gasteiger partial charge >= 0.3 is 5.97 Å². The Balaban J connectivity index is 1.79. The number of esters is 1. The van der Waals surface area contributed by atoms with E-state index in [1.54, 1.807) is 19.3 Å². The van der Waals surface area contributed by atoms with Crippen LogP contribution in [0.5, 0.6) is 0 Å². The molecule has 0 fully saturated rings. The quantitative estimate of drug-likeness (QED) is 0.802. The summed E-state index contributed by atoms with van der Waals surface area (Å²) >= 11 is 0. The van der Waals surface area contributed by atoms with Crippen molar-refractivity contribution in [2.45, 2.75) is 38.5 Å². The van der Waals surface area contributed by atoms with Crippen LogP contribution in [0.15, 0.2) is 77.4 Å². The van der Waals surface area contributed by atoms with E-state index in [0.717, 1.165) is 28.9 Å². The molecule has 2 heterocycles. The number of nitrogens with zero attached hydrogens (tertiary/aromatic N) is 1. The SMILES string of the molecule is CCOC(=O)C1=C(C)NC2=C(C(=O)C[C@H](c3ccccc3)C2)[C@H]1c1ccncc1. The van der Waals surface area contributed by atoms with Gasteiger partial charge in [0.2, 0.25) is 0 Å². The zero-order valence-electron chi connectivity index (χ0n) is 16.6. The van der Waals surface area contributed by atoms with Crippen LogP contribution in [0.1, 0.15) is 49.7 Å². The van der Waals surface area contributed by atoms with Crippen molar-refractivity contribution < 1.29 is 14.3 Å². The van der Waals surface area contributed by atoms with Gasteiger partial charge in [-0.1, -0.05) is 30.3 Å². The smallest absolute Gasteiger partial charge is 0.336 e. The van der Waals surface area contributed by atoms with Crippen molar-refractivity contribution in [1.29, 1.82) is 0 Å². The van der Waals surface area contributed by atoms with Gasteiger partial charge in [0.25, 0.3) is 0 Å². The minimum atomic E-state index is -0.433. The Hall–Kier alpha value is -3.21. The average Bonchev–Trinajstić information content (AvgIpc) is 2.74. The number of carbonyl (C=O) groups is 2. The monoisotopic (exact) mass is 388 g/mol. The largest absolute Gasteiger partial charge is 0.463 e. The second-order valence-electron chi connectivity index (χ2n) is 7.43. The molecule has 1 aliphatic heterocycles. The molecule has 0 bridgehead atoms. The molecule has 0 unspecified atom stereocenters. The molecule has 29 heavy (non-hydrogen) atoms. The number of hydrogen-bond acceptors (Lipinski definition) is 5. The fourth-order valence-corrected chi connectivity index (χ4v) is 4.37. The summed E-state index contributed by atoms with van der Waals surface area (Å²) in [5.74, 6) is -0.616. The van der Waals surface area contributed by atoms with E-state index in [1.807, 2.05) is 37.3 Å². The Morgan fingerprint density at radius 3 is 2.52 bits per heavy atom. The lowest BCUT2D eigenvalue weighted by molar-refractivity contribution is -0.138. The molecule has 0 saturated carbocycles. The van der Waals surface area contributed by atoms with E-state index in [0.29, 0.717) is 17.6 Å². The number of carbonyl (C=O) groups excluding carboxylic acids is 2. The van der Waals surface area contributed by atoms with Crippen molar-refractivity contribution in [1.82, 2.24) is 10.3 Å². The standard InChI is InChI=1S/C24H24N2O3/c1-3-29-24(28)21-15(2)26-19-13-18(16-7-5-4-6-8-16)14-20(27)23(19)22(21)17-9-11-25-12-10-17/h4-12,18,22,26H,3,13-14H2,1-2H3/t18-,22+/m1/s1. The van der Waals surface area contributed by atoms with Crippen molar-refractivity contribution in [2.24, 2.45) is 0 Å². The molecular formula is C24H24N2O3. The highest BCUT2D eigenvalue weighted by molar-refractivity contribution is 6.04. The van der Waals surface area contributed by atoms with Gasteiger partial charge in [-0.2, -0.15) is 0 Å². The number of aromatic nitrogens is 1. The highest BCUT2D eigenvalue weighted by atomic mass is 16.5. The molecule has 0 saturated heterocycles. The number of rotatable bonds is 4. The van der Waals surface area contributed by atoms with Crippen LogP contribution in [0.3, 0.4) is 0 Å². The van der Waals surface area contributed by atoms with E-state index < -0.39 is 5.92 Å². The number of pyridine rings is 1. The second-order valence-corrected chi connectivity index (χ2v) is 7.43. The molecule has 1 aliphatic carbocycles. The van der Waals surface area contributed by atoms with Gasteiger partial charge in [0.15, 0.2) is 5.78 Å². The van der Waals surface area contributed by atoms with E-state index in [9.17, 15) is 9.59 Å². The molecule has 0 radical (unpaired) electrons. The van der Waals surface area contributed by atoms with Crippen LogP contribution in [0, 0.1) is 0 Å². The van der Waals surface area contributed by atoms with Gasteiger partial charge in [-0.3, -0.25) is 9.78 Å². The third kappa shape index (κ3) is 3.60. The number of ether oxygens (including phenoxy) is 1. The molecule has 1 aromatic heterocycles. The highest BCUT2D eigenvalue weighted by Crippen LogP contribution is 2.45. The fraction of sp³-hybridized carbons (Fsp3) is 0.292. The Kier molecular flexibility index (Phi) is 5.30. The van der Waals surface area contributed by atoms with Crippen molar-refractivity contribution in [3.8, 4) is 0 Å². The maximum Gasteiger partial charge on any atom is 0.336 e. The van der Waals surface area contributed by atoms with Crippen molar-refractivity contribution in [3.63, 3.8) is 0 Å². The second kappa shape index (κ2) is 8.03. The fourth-order valence-electron chi connectivity index (χ4n) is 4.37. The first-order valence-corrected chi connectivity index (χ1v) is 9.96. The summed E-state index contributed by atoms with van der Waals surface area (Å²) in [7, 11) is 0. The third-order valence-corrected chi connectivity index (χ3v) is 5.63. The Labute approximate surface area is 170 Å². The summed E-state index contributed by atoms with van der Waals surface area (Å²) in [5.41, 5.74) is 4.86. The van der Waals surface area contributed by atoms with Crippen LogP contribution in [0.25, 0.3) is 0 Å². The van der Waals surface area contributed by atoms with E-state index in [1.165, 1.54) is 0 Å². The van der Waals surface area contributed by atoms with Crippen molar-refractivity contribution in [3.05, 3.63) is 88.5 Å². The maximum atomic E-state index is 13.3. The number of benzene rings is 1. The van der Waals surface area contributed by atoms with Gasteiger partial charge in [-0.25, -0.2) is 4.79 Å². The van der Waals surface area contributed by atoms with Gasteiger partial charge in [-0.15, -0.1) is 0 Å². The Morgan fingerprint density at radius 1 is 1.10 bits per heavy atom. The summed E-state index contributed by atoms with van der Waals surface area (Å²) in [6.45, 7) is 3.95. The van der Waals surface area contributed by atoms with Crippen LogP contribution in [-0.4, -0.2) is 23.3 Å². The lowest BCUT2D eigenvalue weighted by Gasteiger charge is -2.36. The van der Waals surface area contributed by atoms with Gasteiger partial charge in [-0.05, 0) is 49.4 Å². The number of hydrogen-bond donors (Lipinski definition) is 1. The Bertz CT molecular complexity index is 993. The molecule has 148 valence electrons. The molecule has 2 aromatic rings. The summed E-state index contributed by atoms with van der Waals surface area (Å²) < 4.78 is 5.32. The summed E-state index contributed by atoms with van der Waals surface area (Å²) in [4.78, 5) is 30.2. The lowest BCUT2D eigenvalue weighted by Crippen LogP contribution is -2.36. The minimum Gasteiger partial charge on any atom is -0.463 e. The van der Waals surface area contributed by atoms with Crippen LogP contribution in [0.4, 0.5) is 0 Å². The molecule has 5 heteroatoms. The predicted molar refractivity (Wildman–Crippen MR) is 110 cm³/mol. The van der Waals surface area contributed by atoms with Crippen LogP contribution in [0.2, 0.25) is 0 Å². The zero-order valence-corrected chi connectivity index (χ0v) is 16.6. The van der Waals surface area contributed by atoms with Gasteiger partial charge < -0.3 is 10.1 Å². The maximum absolute atomic E-state index is 13.3. The van der Waals surface area contributed by atoms with E-state index >= 15 is 0 Å². The molecule has 4 rings (SSSR count). The average molecular weight is 388 g/mol. The molecule has 1 N–H and O–H groups in total. The van der Waals surface area contributed by atoms with Gasteiger partial charge in [0, 0.05) is 41.7 Å². The number of nitrogens with one attached hydrogen (secondary N) is 1. The number of allylic oxidation sites excluding steroid dienone is 3. The molecule has 0 spiro atoms. The first-order valence-electron chi connectivity index (χ1n) is 9.96. The number of dihydropyridines is 1. The molecule has 2 atom stereocenters. The van der Waals surface area contributed by atoms with Gasteiger partial charge in [0.05, 0.1) is 12.2 Å². The third-order valence-electron chi connectivity index (χ3n) is 5.63. The van der Waals surface area contributed by atoms with E-state index in [-0.39, 0.29) is 24.3 Å². The first kappa shape index (κ1) is 19.1. The minimum absolute atomic E-state index is 0.0729. The summed E-state index contributed by atoms with van der Waals surface area (Å²) in [6.07, 6.45) is 4.55. The van der Waals surface area contributed by atoms with Crippen molar-refractivity contribution in [2.75, 3.05) is 6.61 Å². The zero-order chi connectivity index (χ0) is 20.4. The Morgan fingerprint density at radius 2 is 1.83 bits per heavy atom. The van der Waals surface area contributed by atoms with E-state index in [4.69, 9.17) is 4.74 Å². The van der Waals surface area contributed by atoms with E-state index in [2.05, 4.69) is 22.4 Å². The summed E-state index contributed by atoms with van der Waals surface area (Å²) in [5, 5.41) is 3.36. The number of ketones is 1.